The smallest absolute Gasteiger partial charge is 0.321 e. The Morgan fingerprint density at radius 2 is 1.53 bits per heavy atom. The summed E-state index contributed by atoms with van der Waals surface area (Å²) in [6.07, 6.45) is 0. The molecule has 0 bridgehead atoms. The molecule has 0 aliphatic heterocycles. The first-order valence-electron chi connectivity index (χ1n) is 10.3. The van der Waals surface area contributed by atoms with Gasteiger partial charge in [0.25, 0.3) is 5.91 Å². The van der Waals surface area contributed by atoms with E-state index in [1.54, 1.807) is 48.5 Å². The minimum atomic E-state index is -0.923. The van der Waals surface area contributed by atoms with Crippen molar-refractivity contribution in [2.75, 3.05) is 16.1 Å². The molecule has 0 aliphatic rings. The standard InChI is InChI=1S/C25H20BrClN4O3/c1-14-4-3-5-15(2)22(14)29-24(33)25(34)30-31-20-11-8-18(27)12-16(20)13-21(31)23(32)28-19-9-6-17(26)7-10-19/h3-13H,1-2H3,(H,28,32)(H,29,33)(H,30,34). The van der Waals surface area contributed by atoms with Crippen LogP contribution in [0.5, 0.6) is 0 Å². The molecule has 3 N–H and O–H groups in total. The summed E-state index contributed by atoms with van der Waals surface area (Å²) in [6.45, 7) is 3.68. The zero-order chi connectivity index (χ0) is 24.4. The van der Waals surface area contributed by atoms with E-state index in [2.05, 4.69) is 32.0 Å². The maximum Gasteiger partial charge on any atom is 0.328 e. The minimum absolute atomic E-state index is 0.133. The molecule has 7 nitrogen and oxygen atoms in total. The number of carbonyl (C=O) groups is 3. The number of para-hydroxylation sites is 1. The van der Waals surface area contributed by atoms with Crippen molar-refractivity contribution in [3.8, 4) is 0 Å². The number of nitrogens with one attached hydrogen (secondary N) is 3. The van der Waals surface area contributed by atoms with Gasteiger partial charge >= 0.3 is 11.8 Å². The predicted octanol–water partition coefficient (Wildman–Crippen LogP) is 5.64. The molecule has 0 radical (unpaired) electrons. The molecule has 0 unspecified atom stereocenters. The Hall–Kier alpha value is -3.62. The number of fused-ring (bicyclic) bond motifs is 1. The van der Waals surface area contributed by atoms with Gasteiger partial charge < -0.3 is 10.6 Å². The summed E-state index contributed by atoms with van der Waals surface area (Å²) in [5, 5.41) is 6.55. The molecule has 0 atom stereocenters. The van der Waals surface area contributed by atoms with Gasteiger partial charge in [0.2, 0.25) is 0 Å². The van der Waals surface area contributed by atoms with Gasteiger partial charge in [-0.3, -0.25) is 19.8 Å². The Kier molecular flexibility index (Phi) is 6.72. The highest BCUT2D eigenvalue weighted by molar-refractivity contribution is 9.10. The number of hydrogen-bond acceptors (Lipinski definition) is 3. The number of benzene rings is 3. The van der Waals surface area contributed by atoms with Crippen molar-refractivity contribution in [3.63, 3.8) is 0 Å². The maximum absolute atomic E-state index is 13.1. The summed E-state index contributed by atoms with van der Waals surface area (Å²) >= 11 is 9.47. The highest BCUT2D eigenvalue weighted by Crippen LogP contribution is 2.24. The normalized spacial score (nSPS) is 10.7. The molecule has 4 rings (SSSR count). The van der Waals surface area contributed by atoms with Crippen LogP contribution < -0.4 is 16.1 Å². The zero-order valence-electron chi connectivity index (χ0n) is 18.3. The van der Waals surface area contributed by atoms with Crippen LogP contribution in [0.25, 0.3) is 10.9 Å². The average molecular weight is 540 g/mol. The van der Waals surface area contributed by atoms with Crippen molar-refractivity contribution in [2.45, 2.75) is 13.8 Å². The van der Waals surface area contributed by atoms with Crippen LogP contribution in [-0.2, 0) is 9.59 Å². The number of hydrogen-bond donors (Lipinski definition) is 3. The molecule has 172 valence electrons. The van der Waals surface area contributed by atoms with Crippen LogP contribution in [0.15, 0.2) is 71.2 Å². The van der Waals surface area contributed by atoms with E-state index in [4.69, 9.17) is 11.6 Å². The lowest BCUT2D eigenvalue weighted by molar-refractivity contribution is -0.133. The molecule has 1 heterocycles. The highest BCUT2D eigenvalue weighted by atomic mass is 79.9. The molecule has 9 heteroatoms. The van der Waals surface area contributed by atoms with E-state index in [0.717, 1.165) is 15.6 Å². The van der Waals surface area contributed by atoms with Crippen molar-refractivity contribution in [2.24, 2.45) is 0 Å². The fraction of sp³-hybridized carbons (Fsp3) is 0.0800. The summed E-state index contributed by atoms with van der Waals surface area (Å²) in [7, 11) is 0. The van der Waals surface area contributed by atoms with E-state index < -0.39 is 17.7 Å². The number of amides is 3. The third-order valence-electron chi connectivity index (χ3n) is 5.24. The topological polar surface area (TPSA) is 92.2 Å². The van der Waals surface area contributed by atoms with E-state index in [1.807, 2.05) is 32.0 Å². The molecule has 3 amide bonds. The van der Waals surface area contributed by atoms with Gasteiger partial charge in [0.15, 0.2) is 0 Å². The first-order valence-corrected chi connectivity index (χ1v) is 11.5. The monoisotopic (exact) mass is 538 g/mol. The van der Waals surface area contributed by atoms with Gasteiger partial charge in [0, 0.05) is 26.3 Å². The number of nitrogens with zero attached hydrogens (tertiary/aromatic N) is 1. The summed E-state index contributed by atoms with van der Waals surface area (Å²) in [5.41, 5.74) is 5.99. The van der Waals surface area contributed by atoms with Crippen LogP contribution >= 0.6 is 27.5 Å². The molecule has 3 aromatic carbocycles. The minimum Gasteiger partial charge on any atom is -0.321 e. The highest BCUT2D eigenvalue weighted by Gasteiger charge is 2.22. The van der Waals surface area contributed by atoms with Crippen LogP contribution in [0.1, 0.15) is 21.6 Å². The number of aromatic nitrogens is 1. The van der Waals surface area contributed by atoms with Gasteiger partial charge in [0.1, 0.15) is 5.69 Å². The van der Waals surface area contributed by atoms with Crippen molar-refractivity contribution in [3.05, 3.63) is 93.0 Å². The molecule has 4 aromatic rings. The number of rotatable bonds is 4. The molecule has 0 spiro atoms. The lowest BCUT2D eigenvalue weighted by Gasteiger charge is -2.14. The number of aryl methyl sites for hydroxylation is 2. The van der Waals surface area contributed by atoms with E-state index in [9.17, 15) is 14.4 Å². The van der Waals surface area contributed by atoms with E-state index >= 15 is 0 Å². The van der Waals surface area contributed by atoms with Gasteiger partial charge in [-0.05, 0) is 73.5 Å². The molecule has 0 saturated carbocycles. The molecule has 1 aromatic heterocycles. The largest absolute Gasteiger partial charge is 0.328 e. The van der Waals surface area contributed by atoms with Gasteiger partial charge in [0.05, 0.1) is 5.52 Å². The fourth-order valence-electron chi connectivity index (χ4n) is 3.54. The van der Waals surface area contributed by atoms with E-state index in [1.165, 1.54) is 4.68 Å². The molecular weight excluding hydrogens is 520 g/mol. The van der Waals surface area contributed by atoms with Crippen LogP contribution in [-0.4, -0.2) is 22.4 Å². The van der Waals surface area contributed by atoms with Gasteiger partial charge in [-0.1, -0.05) is 45.7 Å². The molecule has 0 fully saturated rings. The zero-order valence-corrected chi connectivity index (χ0v) is 20.6. The quantitative estimate of drug-likeness (QED) is 0.293. The SMILES string of the molecule is Cc1cccc(C)c1NC(=O)C(=O)Nn1c(C(=O)Nc2ccc(Br)cc2)cc2cc(Cl)ccc21. The van der Waals surface area contributed by atoms with Crippen molar-refractivity contribution in [1.82, 2.24) is 4.68 Å². The second-order valence-electron chi connectivity index (χ2n) is 7.69. The lowest BCUT2D eigenvalue weighted by Crippen LogP contribution is -2.36. The Labute approximate surface area is 209 Å². The maximum atomic E-state index is 13.1. The van der Waals surface area contributed by atoms with Crippen molar-refractivity contribution >= 4 is 67.5 Å². The first kappa shape index (κ1) is 23.5. The lowest BCUT2D eigenvalue weighted by atomic mass is 10.1. The Morgan fingerprint density at radius 1 is 0.853 bits per heavy atom. The third kappa shape index (κ3) is 4.98. The van der Waals surface area contributed by atoms with Crippen molar-refractivity contribution < 1.29 is 14.4 Å². The molecule has 0 saturated heterocycles. The van der Waals surface area contributed by atoms with E-state index in [0.29, 0.717) is 27.3 Å². The summed E-state index contributed by atoms with van der Waals surface area (Å²) in [4.78, 5) is 38.6. The summed E-state index contributed by atoms with van der Waals surface area (Å²) in [5.74, 6) is -2.25. The second-order valence-corrected chi connectivity index (χ2v) is 9.04. The Balaban J connectivity index is 1.64. The molecule has 0 aliphatic carbocycles. The average Bonchev–Trinajstić information content (AvgIpc) is 3.15. The number of halogens is 2. The summed E-state index contributed by atoms with van der Waals surface area (Å²) in [6, 6.07) is 19.2. The number of carbonyl (C=O) groups excluding carboxylic acids is 3. The van der Waals surface area contributed by atoms with Crippen LogP contribution in [0.4, 0.5) is 11.4 Å². The second kappa shape index (κ2) is 9.70. The molecule has 34 heavy (non-hydrogen) atoms. The van der Waals surface area contributed by atoms with Crippen LogP contribution in [0, 0.1) is 13.8 Å². The van der Waals surface area contributed by atoms with Gasteiger partial charge in [-0.2, -0.15) is 0 Å². The van der Waals surface area contributed by atoms with Crippen molar-refractivity contribution in [1.29, 1.82) is 0 Å². The Bertz CT molecular complexity index is 1410. The Morgan fingerprint density at radius 3 is 2.21 bits per heavy atom. The fourth-order valence-corrected chi connectivity index (χ4v) is 3.98. The predicted molar refractivity (Wildman–Crippen MR) is 138 cm³/mol. The summed E-state index contributed by atoms with van der Waals surface area (Å²) < 4.78 is 2.16. The first-order chi connectivity index (χ1) is 16.2. The van der Waals surface area contributed by atoms with E-state index in [-0.39, 0.29) is 5.69 Å². The molecular formula is C25H20BrClN4O3. The van der Waals surface area contributed by atoms with Crippen LogP contribution in [0.2, 0.25) is 5.02 Å². The van der Waals surface area contributed by atoms with Gasteiger partial charge in [-0.25, -0.2) is 4.68 Å². The van der Waals surface area contributed by atoms with Crippen LogP contribution in [0.3, 0.4) is 0 Å². The third-order valence-corrected chi connectivity index (χ3v) is 6.00. The number of anilines is 2. The van der Waals surface area contributed by atoms with Gasteiger partial charge in [-0.15, -0.1) is 0 Å².